The van der Waals surface area contributed by atoms with Crippen LogP contribution >= 0.6 is 0 Å². The number of carbonyl (C=O) groups is 1. The van der Waals surface area contributed by atoms with Crippen molar-refractivity contribution >= 4 is 21.6 Å². The van der Waals surface area contributed by atoms with Crippen molar-refractivity contribution < 1.29 is 13.2 Å². The molecule has 1 aliphatic heterocycles. The molecule has 7 heteroatoms. The monoisotopic (exact) mass is 381 g/mol. The van der Waals surface area contributed by atoms with Crippen molar-refractivity contribution in [3.05, 3.63) is 29.3 Å². The largest absolute Gasteiger partial charge is 0.355 e. The summed E-state index contributed by atoms with van der Waals surface area (Å²) in [7, 11) is -1.41. The third-order valence-electron chi connectivity index (χ3n) is 5.03. The van der Waals surface area contributed by atoms with Gasteiger partial charge in [-0.3, -0.25) is 9.10 Å². The van der Waals surface area contributed by atoms with Gasteiger partial charge in [-0.1, -0.05) is 12.1 Å². The highest BCUT2D eigenvalue weighted by molar-refractivity contribution is 7.92. The number of carbonyl (C=O) groups excluding carboxylic acids is 1. The number of rotatable bonds is 7. The molecule has 2 rings (SSSR count). The average Bonchev–Trinajstić information content (AvgIpc) is 2.56. The van der Waals surface area contributed by atoms with E-state index in [9.17, 15) is 13.2 Å². The lowest BCUT2D eigenvalue weighted by molar-refractivity contribution is -0.119. The van der Waals surface area contributed by atoms with Gasteiger partial charge in [-0.05, 0) is 76.4 Å². The van der Waals surface area contributed by atoms with Crippen molar-refractivity contribution in [2.24, 2.45) is 5.92 Å². The number of nitrogens with zero attached hydrogens (tertiary/aromatic N) is 2. The standard InChI is InChI=1S/C19H31N3O3S/c1-15-5-6-16(2)18(13-15)22(26(4,24)25)14-19(23)20-10-7-17-8-11-21(3)12-9-17/h5-6,13,17H,7-12,14H2,1-4H3,(H,20,23). The molecule has 0 bridgehead atoms. The summed E-state index contributed by atoms with van der Waals surface area (Å²) in [4.78, 5) is 14.7. The van der Waals surface area contributed by atoms with Crippen LogP contribution in [0.3, 0.4) is 0 Å². The Morgan fingerprint density at radius 1 is 1.27 bits per heavy atom. The number of sulfonamides is 1. The van der Waals surface area contributed by atoms with E-state index >= 15 is 0 Å². The second-order valence-electron chi connectivity index (χ2n) is 7.44. The van der Waals surface area contributed by atoms with Crippen LogP contribution in [0.4, 0.5) is 5.69 Å². The fourth-order valence-electron chi connectivity index (χ4n) is 3.32. The lowest BCUT2D eigenvalue weighted by Gasteiger charge is -2.29. The fraction of sp³-hybridized carbons (Fsp3) is 0.632. The maximum atomic E-state index is 12.3. The van der Waals surface area contributed by atoms with E-state index in [1.165, 1.54) is 4.31 Å². The molecule has 0 aliphatic carbocycles. The van der Waals surface area contributed by atoms with Crippen LogP contribution in [0.2, 0.25) is 0 Å². The molecule has 1 aromatic carbocycles. The van der Waals surface area contributed by atoms with Crippen LogP contribution in [0.1, 0.15) is 30.4 Å². The first-order valence-electron chi connectivity index (χ1n) is 9.17. The zero-order chi connectivity index (χ0) is 19.3. The summed E-state index contributed by atoms with van der Waals surface area (Å²) in [5.41, 5.74) is 2.36. The number of amides is 1. The van der Waals surface area contributed by atoms with Gasteiger partial charge in [0.15, 0.2) is 0 Å². The van der Waals surface area contributed by atoms with Gasteiger partial charge in [0.05, 0.1) is 11.9 Å². The summed E-state index contributed by atoms with van der Waals surface area (Å²) in [5, 5.41) is 2.89. The maximum absolute atomic E-state index is 12.3. The zero-order valence-corrected chi connectivity index (χ0v) is 17.1. The topological polar surface area (TPSA) is 69.7 Å². The van der Waals surface area contributed by atoms with Crippen molar-refractivity contribution in [1.29, 1.82) is 0 Å². The Bertz CT molecular complexity index is 726. The smallest absolute Gasteiger partial charge is 0.240 e. The summed E-state index contributed by atoms with van der Waals surface area (Å²) in [5.74, 6) is 0.376. The van der Waals surface area contributed by atoms with Crippen LogP contribution < -0.4 is 9.62 Å². The minimum atomic E-state index is -3.54. The highest BCUT2D eigenvalue weighted by Crippen LogP contribution is 2.24. The van der Waals surface area contributed by atoms with Gasteiger partial charge in [-0.15, -0.1) is 0 Å². The number of piperidine rings is 1. The van der Waals surface area contributed by atoms with Gasteiger partial charge >= 0.3 is 0 Å². The normalized spacial score (nSPS) is 16.5. The van der Waals surface area contributed by atoms with E-state index in [0.29, 0.717) is 18.2 Å². The first-order chi connectivity index (χ1) is 12.2. The van der Waals surface area contributed by atoms with Crippen molar-refractivity contribution in [1.82, 2.24) is 10.2 Å². The molecule has 1 fully saturated rings. The fourth-order valence-corrected chi connectivity index (χ4v) is 4.23. The van der Waals surface area contributed by atoms with Gasteiger partial charge in [0.25, 0.3) is 0 Å². The van der Waals surface area contributed by atoms with Gasteiger partial charge in [-0.25, -0.2) is 8.42 Å². The average molecular weight is 382 g/mol. The summed E-state index contributed by atoms with van der Waals surface area (Å²) >= 11 is 0. The van der Waals surface area contributed by atoms with Crippen LogP contribution in [0.15, 0.2) is 18.2 Å². The number of aryl methyl sites for hydroxylation is 2. The molecule has 0 radical (unpaired) electrons. The SMILES string of the molecule is Cc1ccc(C)c(N(CC(=O)NCCC2CCN(C)CC2)S(C)(=O)=O)c1. The molecule has 1 heterocycles. The lowest BCUT2D eigenvalue weighted by Crippen LogP contribution is -2.41. The molecule has 26 heavy (non-hydrogen) atoms. The molecule has 1 N–H and O–H groups in total. The third-order valence-corrected chi connectivity index (χ3v) is 6.16. The molecule has 0 atom stereocenters. The lowest BCUT2D eigenvalue weighted by atomic mass is 9.94. The van der Waals surface area contributed by atoms with Gasteiger partial charge < -0.3 is 10.2 Å². The number of nitrogens with one attached hydrogen (secondary N) is 1. The number of benzene rings is 1. The Morgan fingerprint density at radius 2 is 1.92 bits per heavy atom. The van der Waals surface area contributed by atoms with E-state index in [2.05, 4.69) is 17.3 Å². The van der Waals surface area contributed by atoms with Crippen LogP contribution in [-0.4, -0.2) is 58.7 Å². The van der Waals surface area contributed by atoms with Crippen LogP contribution in [0.5, 0.6) is 0 Å². The molecular formula is C19H31N3O3S. The Kier molecular flexibility index (Phi) is 7.06. The summed E-state index contributed by atoms with van der Waals surface area (Å²) < 4.78 is 25.6. The highest BCUT2D eigenvalue weighted by Gasteiger charge is 2.23. The van der Waals surface area contributed by atoms with Gasteiger partial charge in [0.2, 0.25) is 15.9 Å². The Labute approximate surface area is 157 Å². The quantitative estimate of drug-likeness (QED) is 0.783. The van der Waals surface area contributed by atoms with E-state index in [1.54, 1.807) is 0 Å². The molecule has 0 unspecified atom stereocenters. The first kappa shape index (κ1) is 20.7. The summed E-state index contributed by atoms with van der Waals surface area (Å²) in [6.45, 7) is 6.38. The second-order valence-corrected chi connectivity index (χ2v) is 9.35. The van der Waals surface area contributed by atoms with Gasteiger partial charge in [-0.2, -0.15) is 0 Å². The number of anilines is 1. The zero-order valence-electron chi connectivity index (χ0n) is 16.3. The van der Waals surface area contributed by atoms with E-state index in [0.717, 1.165) is 49.7 Å². The van der Waals surface area contributed by atoms with Gasteiger partial charge in [0, 0.05) is 6.54 Å². The minimum absolute atomic E-state index is 0.184. The second kappa shape index (κ2) is 8.86. The van der Waals surface area contributed by atoms with Gasteiger partial charge in [0.1, 0.15) is 6.54 Å². The predicted octanol–water partition coefficient (Wildman–Crippen LogP) is 1.92. The van der Waals surface area contributed by atoms with Crippen LogP contribution in [-0.2, 0) is 14.8 Å². The summed E-state index contributed by atoms with van der Waals surface area (Å²) in [6.07, 6.45) is 4.40. The molecule has 1 aromatic rings. The molecule has 6 nitrogen and oxygen atoms in total. The molecular weight excluding hydrogens is 350 g/mol. The first-order valence-corrected chi connectivity index (χ1v) is 11.0. The molecule has 0 aromatic heterocycles. The molecule has 1 saturated heterocycles. The highest BCUT2D eigenvalue weighted by atomic mass is 32.2. The van der Waals surface area contributed by atoms with Crippen LogP contribution in [0.25, 0.3) is 0 Å². The summed E-state index contributed by atoms with van der Waals surface area (Å²) in [6, 6.07) is 5.62. The van der Waals surface area contributed by atoms with Crippen molar-refractivity contribution in [2.45, 2.75) is 33.1 Å². The maximum Gasteiger partial charge on any atom is 0.240 e. The predicted molar refractivity (Wildman–Crippen MR) is 106 cm³/mol. The molecule has 0 saturated carbocycles. The third kappa shape index (κ3) is 5.99. The van der Waals surface area contributed by atoms with Crippen molar-refractivity contribution in [3.8, 4) is 0 Å². The number of likely N-dealkylation sites (tertiary alicyclic amines) is 1. The van der Waals surface area contributed by atoms with Crippen molar-refractivity contribution in [3.63, 3.8) is 0 Å². The molecule has 1 aliphatic rings. The van der Waals surface area contributed by atoms with E-state index in [1.807, 2.05) is 32.0 Å². The molecule has 0 spiro atoms. The van der Waals surface area contributed by atoms with E-state index < -0.39 is 10.0 Å². The number of hydrogen-bond acceptors (Lipinski definition) is 4. The van der Waals surface area contributed by atoms with E-state index in [-0.39, 0.29) is 12.5 Å². The van der Waals surface area contributed by atoms with Crippen molar-refractivity contribution in [2.75, 3.05) is 43.8 Å². The van der Waals surface area contributed by atoms with Crippen LogP contribution in [0, 0.1) is 19.8 Å². The Morgan fingerprint density at radius 3 is 2.54 bits per heavy atom. The van der Waals surface area contributed by atoms with E-state index in [4.69, 9.17) is 0 Å². The molecule has 146 valence electrons. The number of hydrogen-bond donors (Lipinski definition) is 1. The molecule has 1 amide bonds. The Hall–Kier alpha value is -1.60. The minimum Gasteiger partial charge on any atom is -0.355 e. The Balaban J connectivity index is 1.94.